The van der Waals surface area contributed by atoms with E-state index in [0.29, 0.717) is 11.6 Å². The van der Waals surface area contributed by atoms with Gasteiger partial charge in [-0.15, -0.1) is 0 Å². The third-order valence-electron chi connectivity index (χ3n) is 3.62. The fraction of sp³-hybridized carbons (Fsp3) is 0.533. The van der Waals surface area contributed by atoms with Crippen LogP contribution >= 0.6 is 11.6 Å². The fourth-order valence-corrected chi connectivity index (χ4v) is 2.62. The summed E-state index contributed by atoms with van der Waals surface area (Å²) in [5.74, 6) is -0.0232. The monoisotopic (exact) mass is 297 g/mol. The Balaban J connectivity index is 1.61. The average molecular weight is 298 g/mol. The summed E-state index contributed by atoms with van der Waals surface area (Å²) in [4.78, 5) is 13.2. The van der Waals surface area contributed by atoms with Crippen molar-refractivity contribution in [2.45, 2.75) is 19.3 Å². The topological polar surface area (TPSA) is 49.8 Å². The second-order valence-electron chi connectivity index (χ2n) is 5.11. The molecule has 1 N–H and O–H groups in total. The van der Waals surface area contributed by atoms with Gasteiger partial charge in [-0.1, -0.05) is 17.7 Å². The van der Waals surface area contributed by atoms with Gasteiger partial charge >= 0.3 is 5.97 Å². The maximum Gasteiger partial charge on any atom is 0.306 e. The summed E-state index contributed by atoms with van der Waals surface area (Å²) in [5.41, 5.74) is 0. The molecule has 0 atom stereocenters. The lowest BCUT2D eigenvalue weighted by molar-refractivity contribution is -0.143. The van der Waals surface area contributed by atoms with Gasteiger partial charge in [0.15, 0.2) is 0 Å². The van der Waals surface area contributed by atoms with Crippen molar-refractivity contribution >= 4 is 17.6 Å². The second kappa shape index (κ2) is 7.50. The lowest BCUT2D eigenvalue weighted by Gasteiger charge is -2.29. The maximum absolute atomic E-state index is 10.9. The standard InChI is InChI=1S/C15H20ClNO3/c16-13-3-1-4-14(11-13)20-10-2-7-17-8-5-12(6-9-17)15(18)19/h1,3-4,11-12H,2,5-10H2,(H,18,19). The van der Waals surface area contributed by atoms with Crippen molar-refractivity contribution in [1.82, 2.24) is 4.90 Å². The zero-order chi connectivity index (χ0) is 14.4. The van der Waals surface area contributed by atoms with Crippen LogP contribution in [0, 0.1) is 5.92 Å². The number of benzene rings is 1. The molecule has 110 valence electrons. The van der Waals surface area contributed by atoms with Crippen LogP contribution in [0.5, 0.6) is 5.75 Å². The molecule has 0 bridgehead atoms. The highest BCUT2D eigenvalue weighted by atomic mass is 35.5. The SMILES string of the molecule is O=C(O)C1CCN(CCCOc2cccc(Cl)c2)CC1. The molecule has 4 nitrogen and oxygen atoms in total. The highest BCUT2D eigenvalue weighted by Gasteiger charge is 2.23. The van der Waals surface area contributed by atoms with Crippen LogP contribution in [0.25, 0.3) is 0 Å². The quantitative estimate of drug-likeness (QED) is 0.820. The third-order valence-corrected chi connectivity index (χ3v) is 3.86. The summed E-state index contributed by atoms with van der Waals surface area (Å²) >= 11 is 5.88. The van der Waals surface area contributed by atoms with Crippen molar-refractivity contribution in [3.8, 4) is 5.75 Å². The zero-order valence-electron chi connectivity index (χ0n) is 11.4. The van der Waals surface area contributed by atoms with E-state index in [9.17, 15) is 4.79 Å². The third kappa shape index (κ3) is 4.69. The number of hydrogen-bond donors (Lipinski definition) is 1. The number of rotatable bonds is 6. The molecule has 2 rings (SSSR count). The summed E-state index contributed by atoms with van der Waals surface area (Å²) in [6.45, 7) is 3.34. The minimum absolute atomic E-state index is 0.158. The van der Waals surface area contributed by atoms with Gasteiger partial charge in [0, 0.05) is 11.6 Å². The molecular formula is C15H20ClNO3. The van der Waals surface area contributed by atoms with Gasteiger partial charge in [-0.3, -0.25) is 4.79 Å². The smallest absolute Gasteiger partial charge is 0.306 e. The Labute approximate surface area is 124 Å². The van der Waals surface area contributed by atoms with Crippen LogP contribution in [0.15, 0.2) is 24.3 Å². The van der Waals surface area contributed by atoms with Crippen LogP contribution in [0.2, 0.25) is 5.02 Å². The van der Waals surface area contributed by atoms with E-state index in [2.05, 4.69) is 4.90 Å². The van der Waals surface area contributed by atoms with Gasteiger partial charge in [0.25, 0.3) is 0 Å². The molecule has 1 heterocycles. The van der Waals surface area contributed by atoms with Crippen LogP contribution in [0.4, 0.5) is 0 Å². The van der Waals surface area contributed by atoms with Gasteiger partial charge in [0.2, 0.25) is 0 Å². The van der Waals surface area contributed by atoms with Gasteiger partial charge in [-0.25, -0.2) is 0 Å². The summed E-state index contributed by atoms with van der Waals surface area (Å²) in [7, 11) is 0. The van der Waals surface area contributed by atoms with E-state index in [0.717, 1.165) is 44.6 Å². The lowest BCUT2D eigenvalue weighted by Crippen LogP contribution is -2.37. The molecule has 20 heavy (non-hydrogen) atoms. The molecule has 0 spiro atoms. The van der Waals surface area contributed by atoms with Crippen LogP contribution in [0.1, 0.15) is 19.3 Å². The van der Waals surface area contributed by atoms with Crippen molar-refractivity contribution in [3.05, 3.63) is 29.3 Å². The first-order valence-electron chi connectivity index (χ1n) is 6.98. The first-order chi connectivity index (χ1) is 9.65. The number of halogens is 1. The van der Waals surface area contributed by atoms with Crippen LogP contribution in [-0.4, -0.2) is 42.2 Å². The van der Waals surface area contributed by atoms with Crippen molar-refractivity contribution in [2.75, 3.05) is 26.2 Å². The normalized spacial score (nSPS) is 17.1. The zero-order valence-corrected chi connectivity index (χ0v) is 12.2. The van der Waals surface area contributed by atoms with Crippen molar-refractivity contribution in [2.24, 2.45) is 5.92 Å². The average Bonchev–Trinajstić information content (AvgIpc) is 2.44. The van der Waals surface area contributed by atoms with E-state index < -0.39 is 5.97 Å². The van der Waals surface area contributed by atoms with Crippen molar-refractivity contribution < 1.29 is 14.6 Å². The van der Waals surface area contributed by atoms with Crippen LogP contribution in [-0.2, 0) is 4.79 Å². The Morgan fingerprint density at radius 2 is 2.15 bits per heavy atom. The summed E-state index contributed by atoms with van der Waals surface area (Å²) in [5, 5.41) is 9.62. The molecule has 0 radical (unpaired) electrons. The Hall–Kier alpha value is -1.26. The van der Waals surface area contributed by atoms with Crippen LogP contribution in [0.3, 0.4) is 0 Å². The molecule has 1 aliphatic rings. The number of piperidine rings is 1. The van der Waals surface area contributed by atoms with Crippen LogP contribution < -0.4 is 4.74 Å². The summed E-state index contributed by atoms with van der Waals surface area (Å²) in [6, 6.07) is 7.39. The predicted molar refractivity (Wildman–Crippen MR) is 78.4 cm³/mol. The number of carboxylic acid groups (broad SMARTS) is 1. The minimum atomic E-state index is -0.658. The highest BCUT2D eigenvalue weighted by Crippen LogP contribution is 2.18. The van der Waals surface area contributed by atoms with Gasteiger partial charge in [-0.2, -0.15) is 0 Å². The fourth-order valence-electron chi connectivity index (χ4n) is 2.44. The highest BCUT2D eigenvalue weighted by molar-refractivity contribution is 6.30. The number of hydrogen-bond acceptors (Lipinski definition) is 3. The summed E-state index contributed by atoms with van der Waals surface area (Å²) in [6.07, 6.45) is 2.44. The molecule has 1 aromatic rings. The van der Waals surface area contributed by atoms with E-state index in [1.54, 1.807) is 6.07 Å². The molecule has 5 heteroatoms. The van der Waals surface area contributed by atoms with Gasteiger partial charge in [-0.05, 0) is 50.6 Å². The van der Waals surface area contributed by atoms with E-state index in [4.69, 9.17) is 21.4 Å². The first kappa shape index (κ1) is 15.1. The van der Waals surface area contributed by atoms with E-state index >= 15 is 0 Å². The summed E-state index contributed by atoms with van der Waals surface area (Å²) < 4.78 is 5.63. The molecule has 0 amide bonds. The van der Waals surface area contributed by atoms with Gasteiger partial charge < -0.3 is 14.7 Å². The minimum Gasteiger partial charge on any atom is -0.493 e. The Morgan fingerprint density at radius 3 is 2.80 bits per heavy atom. The molecule has 0 unspecified atom stereocenters. The maximum atomic E-state index is 10.9. The Bertz CT molecular complexity index is 444. The number of ether oxygens (including phenoxy) is 1. The Kier molecular flexibility index (Phi) is 5.68. The number of likely N-dealkylation sites (tertiary alicyclic amines) is 1. The molecule has 1 fully saturated rings. The van der Waals surface area contributed by atoms with Gasteiger partial charge in [0.1, 0.15) is 5.75 Å². The molecule has 0 aliphatic carbocycles. The number of nitrogens with zero attached hydrogens (tertiary/aromatic N) is 1. The number of carboxylic acids is 1. The molecule has 1 aliphatic heterocycles. The van der Waals surface area contributed by atoms with Crippen molar-refractivity contribution in [3.63, 3.8) is 0 Å². The molecule has 0 saturated carbocycles. The molecule has 1 saturated heterocycles. The van der Waals surface area contributed by atoms with Gasteiger partial charge in [0.05, 0.1) is 12.5 Å². The number of aliphatic carboxylic acids is 1. The van der Waals surface area contributed by atoms with E-state index in [1.165, 1.54) is 0 Å². The molecule has 1 aromatic carbocycles. The lowest BCUT2D eigenvalue weighted by atomic mass is 9.97. The number of carbonyl (C=O) groups is 1. The van der Waals surface area contributed by atoms with Crippen molar-refractivity contribution in [1.29, 1.82) is 0 Å². The van der Waals surface area contributed by atoms with E-state index in [1.807, 2.05) is 18.2 Å². The first-order valence-corrected chi connectivity index (χ1v) is 7.36. The Morgan fingerprint density at radius 1 is 1.40 bits per heavy atom. The largest absolute Gasteiger partial charge is 0.493 e. The second-order valence-corrected chi connectivity index (χ2v) is 5.55. The predicted octanol–water partition coefficient (Wildman–Crippen LogP) is 2.91. The molecular weight excluding hydrogens is 278 g/mol. The van der Waals surface area contributed by atoms with E-state index in [-0.39, 0.29) is 5.92 Å². The molecule has 0 aromatic heterocycles.